The Morgan fingerprint density at radius 3 is 2.75 bits per heavy atom. The molecular formula is C16H27N3O3S2. The quantitative estimate of drug-likeness (QED) is 0.740. The number of nitrogens with zero attached hydrogens (tertiary/aromatic N) is 2. The van der Waals surface area contributed by atoms with Gasteiger partial charge < -0.3 is 9.88 Å². The van der Waals surface area contributed by atoms with Crippen LogP contribution in [0.3, 0.4) is 0 Å². The van der Waals surface area contributed by atoms with Crippen molar-refractivity contribution in [2.75, 3.05) is 11.5 Å². The van der Waals surface area contributed by atoms with E-state index < -0.39 is 9.84 Å². The summed E-state index contributed by atoms with van der Waals surface area (Å²) in [6, 6.07) is -0.256. The molecule has 0 aromatic carbocycles. The number of aromatic nitrogens is 2. The maximum absolute atomic E-state index is 12.4. The highest BCUT2D eigenvalue weighted by Crippen LogP contribution is 2.26. The number of hydrogen-bond donors (Lipinski definition) is 1. The van der Waals surface area contributed by atoms with Crippen molar-refractivity contribution in [2.45, 2.75) is 70.0 Å². The van der Waals surface area contributed by atoms with Crippen LogP contribution in [0.4, 0.5) is 0 Å². The first-order valence-electron chi connectivity index (χ1n) is 8.44. The molecule has 2 heterocycles. The fourth-order valence-corrected chi connectivity index (χ4v) is 5.44. The fourth-order valence-electron chi connectivity index (χ4n) is 2.73. The molecular weight excluding hydrogens is 346 g/mol. The van der Waals surface area contributed by atoms with Gasteiger partial charge in [0, 0.05) is 18.3 Å². The molecule has 1 saturated heterocycles. The Hall–Kier alpha value is -1.02. The number of carbonyl (C=O) groups excluding carboxylic acids is 1. The molecule has 1 aliphatic rings. The third kappa shape index (κ3) is 4.75. The smallest absolute Gasteiger partial charge is 0.233 e. The molecule has 2 unspecified atom stereocenters. The number of imidazole rings is 1. The maximum atomic E-state index is 12.4. The summed E-state index contributed by atoms with van der Waals surface area (Å²) < 4.78 is 25.2. The number of thioether (sulfide) groups is 1. The first-order chi connectivity index (χ1) is 11.2. The summed E-state index contributed by atoms with van der Waals surface area (Å²) in [5.74, 6) is 0.0983. The molecule has 1 amide bonds. The van der Waals surface area contributed by atoms with Gasteiger partial charge in [0.2, 0.25) is 5.91 Å². The Labute approximate surface area is 148 Å². The van der Waals surface area contributed by atoms with Crippen molar-refractivity contribution in [1.82, 2.24) is 14.9 Å². The van der Waals surface area contributed by atoms with Crippen molar-refractivity contribution in [3.05, 3.63) is 11.4 Å². The van der Waals surface area contributed by atoms with Crippen molar-refractivity contribution in [3.63, 3.8) is 0 Å². The molecule has 24 heavy (non-hydrogen) atoms. The monoisotopic (exact) mass is 373 g/mol. The molecule has 0 spiro atoms. The summed E-state index contributed by atoms with van der Waals surface area (Å²) in [7, 11) is -2.98. The second-order valence-electron chi connectivity index (χ2n) is 6.44. The van der Waals surface area contributed by atoms with Crippen LogP contribution in [0.5, 0.6) is 0 Å². The fraction of sp³-hybridized carbons (Fsp3) is 0.750. The Kier molecular flexibility index (Phi) is 6.36. The minimum Gasteiger partial charge on any atom is -0.351 e. The number of carbonyl (C=O) groups is 1. The van der Waals surface area contributed by atoms with E-state index in [1.165, 1.54) is 11.8 Å². The SMILES string of the molecule is CCCCn1c(SC(C)C(=O)NC2CCS(=O)(=O)C2)nc(C)c1C. The van der Waals surface area contributed by atoms with Gasteiger partial charge in [-0.3, -0.25) is 4.79 Å². The summed E-state index contributed by atoms with van der Waals surface area (Å²) in [6.07, 6.45) is 2.69. The van der Waals surface area contributed by atoms with E-state index in [0.717, 1.165) is 35.9 Å². The normalized spacial score (nSPS) is 20.9. The molecule has 1 aromatic heterocycles. The maximum Gasteiger partial charge on any atom is 0.233 e. The Balaban J connectivity index is 2.00. The zero-order valence-corrected chi connectivity index (χ0v) is 16.5. The first-order valence-corrected chi connectivity index (χ1v) is 11.1. The lowest BCUT2D eigenvalue weighted by Gasteiger charge is -2.16. The van der Waals surface area contributed by atoms with E-state index in [4.69, 9.17) is 0 Å². The van der Waals surface area contributed by atoms with Crippen LogP contribution in [0.2, 0.25) is 0 Å². The number of nitrogens with one attached hydrogen (secondary N) is 1. The van der Waals surface area contributed by atoms with Gasteiger partial charge in [-0.25, -0.2) is 13.4 Å². The zero-order chi connectivity index (χ0) is 17.9. The van der Waals surface area contributed by atoms with Gasteiger partial charge in [0.1, 0.15) is 0 Å². The number of rotatable bonds is 7. The van der Waals surface area contributed by atoms with Crippen molar-refractivity contribution in [3.8, 4) is 0 Å². The number of hydrogen-bond acceptors (Lipinski definition) is 5. The molecule has 0 radical (unpaired) electrons. The molecule has 136 valence electrons. The van der Waals surface area contributed by atoms with Crippen LogP contribution in [0.25, 0.3) is 0 Å². The Morgan fingerprint density at radius 1 is 1.46 bits per heavy atom. The highest BCUT2D eigenvalue weighted by molar-refractivity contribution is 8.00. The van der Waals surface area contributed by atoms with E-state index in [1.54, 1.807) is 0 Å². The lowest BCUT2D eigenvalue weighted by molar-refractivity contribution is -0.120. The summed E-state index contributed by atoms with van der Waals surface area (Å²) in [5.41, 5.74) is 2.13. The van der Waals surface area contributed by atoms with E-state index in [9.17, 15) is 13.2 Å². The van der Waals surface area contributed by atoms with E-state index in [1.807, 2.05) is 13.8 Å². The lowest BCUT2D eigenvalue weighted by atomic mass is 10.2. The summed E-state index contributed by atoms with van der Waals surface area (Å²) in [5, 5.41) is 3.41. The van der Waals surface area contributed by atoms with Crippen molar-refractivity contribution >= 4 is 27.5 Å². The molecule has 1 N–H and O–H groups in total. The van der Waals surface area contributed by atoms with E-state index in [-0.39, 0.29) is 28.7 Å². The second kappa shape index (κ2) is 7.91. The van der Waals surface area contributed by atoms with Crippen molar-refractivity contribution < 1.29 is 13.2 Å². The van der Waals surface area contributed by atoms with Gasteiger partial charge in [-0.2, -0.15) is 0 Å². The van der Waals surface area contributed by atoms with Crippen molar-refractivity contribution in [1.29, 1.82) is 0 Å². The van der Waals surface area contributed by atoms with Gasteiger partial charge >= 0.3 is 0 Å². The summed E-state index contributed by atoms with van der Waals surface area (Å²) in [4.78, 5) is 17.0. The molecule has 1 aromatic rings. The minimum absolute atomic E-state index is 0.0550. The number of aryl methyl sites for hydroxylation is 1. The highest BCUT2D eigenvalue weighted by Gasteiger charge is 2.30. The standard InChI is InChI=1S/C16H27N3O3S2/c1-5-6-8-19-12(3)11(2)17-16(19)23-13(4)15(20)18-14-7-9-24(21,22)10-14/h13-14H,5-10H2,1-4H3,(H,18,20). The van der Waals surface area contributed by atoms with Gasteiger partial charge in [0.25, 0.3) is 0 Å². The molecule has 0 saturated carbocycles. The Bertz CT molecular complexity index is 698. The number of unbranched alkanes of at least 4 members (excludes halogenated alkanes) is 1. The highest BCUT2D eigenvalue weighted by atomic mass is 32.2. The van der Waals surface area contributed by atoms with Gasteiger partial charge in [-0.1, -0.05) is 25.1 Å². The van der Waals surface area contributed by atoms with Crippen LogP contribution in [0.15, 0.2) is 5.16 Å². The van der Waals surface area contributed by atoms with E-state index in [2.05, 4.69) is 28.7 Å². The minimum atomic E-state index is -2.98. The average molecular weight is 374 g/mol. The van der Waals surface area contributed by atoms with Crippen LogP contribution >= 0.6 is 11.8 Å². The lowest BCUT2D eigenvalue weighted by Crippen LogP contribution is -2.40. The van der Waals surface area contributed by atoms with Crippen LogP contribution in [0, 0.1) is 13.8 Å². The largest absolute Gasteiger partial charge is 0.351 e. The number of sulfone groups is 1. The summed E-state index contributed by atoms with van der Waals surface area (Å²) >= 11 is 1.44. The molecule has 8 heteroatoms. The third-order valence-corrected chi connectivity index (χ3v) is 7.25. The second-order valence-corrected chi connectivity index (χ2v) is 9.98. The van der Waals surface area contributed by atoms with Gasteiger partial charge in [-0.15, -0.1) is 0 Å². The molecule has 2 atom stereocenters. The molecule has 6 nitrogen and oxygen atoms in total. The van der Waals surface area contributed by atoms with E-state index >= 15 is 0 Å². The summed E-state index contributed by atoms with van der Waals surface area (Å²) in [6.45, 7) is 8.93. The zero-order valence-electron chi connectivity index (χ0n) is 14.8. The predicted molar refractivity (Wildman–Crippen MR) is 97.1 cm³/mol. The molecule has 0 bridgehead atoms. The average Bonchev–Trinajstić information content (AvgIpc) is 2.97. The molecule has 2 rings (SSSR count). The van der Waals surface area contributed by atoms with Crippen LogP contribution in [-0.2, 0) is 21.2 Å². The molecule has 1 fully saturated rings. The van der Waals surface area contributed by atoms with Crippen LogP contribution < -0.4 is 5.32 Å². The molecule has 0 aliphatic carbocycles. The van der Waals surface area contributed by atoms with Gasteiger partial charge in [-0.05, 0) is 33.6 Å². The molecule has 1 aliphatic heterocycles. The first kappa shape index (κ1) is 19.3. The van der Waals surface area contributed by atoms with Crippen LogP contribution in [0.1, 0.15) is 44.5 Å². The predicted octanol–water partition coefficient (Wildman–Crippen LogP) is 2.08. The topological polar surface area (TPSA) is 81.1 Å². The number of amides is 1. The van der Waals surface area contributed by atoms with E-state index in [0.29, 0.717) is 6.42 Å². The van der Waals surface area contributed by atoms with Crippen molar-refractivity contribution in [2.24, 2.45) is 0 Å². The van der Waals surface area contributed by atoms with Gasteiger partial charge in [0.05, 0.1) is 22.4 Å². The van der Waals surface area contributed by atoms with Gasteiger partial charge in [0.15, 0.2) is 15.0 Å². The third-order valence-electron chi connectivity index (χ3n) is 4.39. The van der Waals surface area contributed by atoms with Crippen LogP contribution in [-0.4, -0.2) is 46.7 Å². The Morgan fingerprint density at radius 2 is 2.17 bits per heavy atom.